The molecule has 5 nitrogen and oxygen atoms in total. The highest BCUT2D eigenvalue weighted by Crippen LogP contribution is 2.40. The van der Waals surface area contributed by atoms with Crippen molar-refractivity contribution in [1.29, 1.82) is 0 Å². The van der Waals surface area contributed by atoms with Crippen LogP contribution in [0.3, 0.4) is 0 Å². The van der Waals surface area contributed by atoms with Gasteiger partial charge in [-0.2, -0.15) is 0 Å². The van der Waals surface area contributed by atoms with Crippen molar-refractivity contribution in [2.24, 2.45) is 0 Å². The van der Waals surface area contributed by atoms with E-state index < -0.39 is 0 Å². The van der Waals surface area contributed by atoms with Gasteiger partial charge in [-0.1, -0.05) is 78.9 Å². The summed E-state index contributed by atoms with van der Waals surface area (Å²) < 4.78 is 8.60. The number of nitrogens with zero attached hydrogens (tertiary/aromatic N) is 4. The van der Waals surface area contributed by atoms with Crippen LogP contribution >= 0.6 is 0 Å². The average molecular weight is 487 g/mol. The van der Waals surface area contributed by atoms with E-state index in [-0.39, 0.29) is 0 Å². The Morgan fingerprint density at radius 3 is 2.32 bits per heavy atom. The standard InChI is InChI=1S/C33H18N4O/c1-34-21-10-8-9-20(19-21)30-26-13-2-5-14-27(26)35-33(36-30)37-28-15-6-3-11-22(28)24-17-18-25-23-12-4-7-16-29(23)38-32(25)31(24)37/h2-19H. The molecule has 0 atom stereocenters. The Hall–Kier alpha value is -5.47. The topological polar surface area (TPSA) is 48.2 Å². The van der Waals surface area contributed by atoms with Crippen molar-refractivity contribution >= 4 is 60.3 Å². The molecule has 38 heavy (non-hydrogen) atoms. The zero-order valence-corrected chi connectivity index (χ0v) is 20.1. The monoisotopic (exact) mass is 486 g/mol. The second-order valence-electron chi connectivity index (χ2n) is 9.34. The maximum absolute atomic E-state index is 7.50. The maximum atomic E-state index is 7.50. The Labute approximate surface area is 217 Å². The van der Waals surface area contributed by atoms with E-state index in [1.165, 1.54) is 0 Å². The minimum absolute atomic E-state index is 0.561. The summed E-state index contributed by atoms with van der Waals surface area (Å²) in [6, 6.07) is 36.4. The summed E-state index contributed by atoms with van der Waals surface area (Å²) in [6.07, 6.45) is 0. The summed E-state index contributed by atoms with van der Waals surface area (Å²) in [5, 5.41) is 5.27. The fourth-order valence-electron chi connectivity index (χ4n) is 5.55. The maximum Gasteiger partial charge on any atom is 0.235 e. The molecule has 0 unspecified atom stereocenters. The number of hydrogen-bond donors (Lipinski definition) is 0. The normalized spacial score (nSPS) is 11.7. The highest BCUT2D eigenvalue weighted by molar-refractivity contribution is 6.21. The molecule has 176 valence electrons. The third-order valence-corrected chi connectivity index (χ3v) is 7.22. The molecule has 0 radical (unpaired) electrons. The van der Waals surface area contributed by atoms with E-state index in [0.29, 0.717) is 11.6 Å². The van der Waals surface area contributed by atoms with Crippen LogP contribution in [0.4, 0.5) is 5.69 Å². The molecule has 0 fully saturated rings. The molecule has 0 saturated carbocycles. The van der Waals surface area contributed by atoms with Crippen LogP contribution in [-0.2, 0) is 0 Å². The molecule has 0 amide bonds. The van der Waals surface area contributed by atoms with Gasteiger partial charge in [0.2, 0.25) is 5.95 Å². The molecule has 8 rings (SSSR count). The Kier molecular flexibility index (Phi) is 4.23. The molecule has 0 aliphatic carbocycles. The third kappa shape index (κ3) is 2.86. The summed E-state index contributed by atoms with van der Waals surface area (Å²) >= 11 is 0. The van der Waals surface area contributed by atoms with Crippen molar-refractivity contribution in [3.05, 3.63) is 121 Å². The molecule has 3 heterocycles. The average Bonchev–Trinajstić information content (AvgIpc) is 3.52. The van der Waals surface area contributed by atoms with Crippen LogP contribution in [0.25, 0.3) is 76.7 Å². The lowest BCUT2D eigenvalue weighted by Crippen LogP contribution is -2.03. The van der Waals surface area contributed by atoms with Crippen LogP contribution in [0.1, 0.15) is 0 Å². The lowest BCUT2D eigenvalue weighted by Gasteiger charge is -2.12. The molecule has 0 aliphatic rings. The van der Waals surface area contributed by atoms with Crippen LogP contribution in [0.5, 0.6) is 0 Å². The molecule has 3 aromatic heterocycles. The van der Waals surface area contributed by atoms with Gasteiger partial charge in [0.1, 0.15) is 11.1 Å². The first kappa shape index (κ1) is 20.7. The Morgan fingerprint density at radius 1 is 0.658 bits per heavy atom. The lowest BCUT2D eigenvalue weighted by molar-refractivity contribution is 0.671. The van der Waals surface area contributed by atoms with E-state index in [0.717, 1.165) is 65.9 Å². The van der Waals surface area contributed by atoms with Crippen molar-refractivity contribution in [2.45, 2.75) is 0 Å². The Balaban J connectivity index is 1.55. The number of para-hydroxylation sites is 3. The van der Waals surface area contributed by atoms with Crippen molar-refractivity contribution in [3.63, 3.8) is 0 Å². The second kappa shape index (κ2) is 7.76. The number of aromatic nitrogens is 3. The smallest absolute Gasteiger partial charge is 0.235 e. The molecular weight excluding hydrogens is 468 g/mol. The molecule has 0 spiro atoms. The molecule has 0 N–H and O–H groups in total. The second-order valence-corrected chi connectivity index (χ2v) is 9.34. The third-order valence-electron chi connectivity index (χ3n) is 7.22. The Morgan fingerprint density at radius 2 is 1.42 bits per heavy atom. The molecule has 5 aromatic carbocycles. The van der Waals surface area contributed by atoms with Gasteiger partial charge in [-0.05, 0) is 35.9 Å². The van der Waals surface area contributed by atoms with Gasteiger partial charge in [0.15, 0.2) is 11.3 Å². The van der Waals surface area contributed by atoms with Crippen LogP contribution in [0.2, 0.25) is 0 Å². The van der Waals surface area contributed by atoms with Crippen molar-refractivity contribution in [2.75, 3.05) is 0 Å². The number of rotatable bonds is 2. The molecule has 5 heteroatoms. The minimum atomic E-state index is 0.561. The first-order valence-electron chi connectivity index (χ1n) is 12.4. The van der Waals surface area contributed by atoms with Crippen LogP contribution in [0, 0.1) is 6.57 Å². The van der Waals surface area contributed by atoms with Crippen LogP contribution in [0.15, 0.2) is 114 Å². The van der Waals surface area contributed by atoms with Gasteiger partial charge in [0.05, 0.1) is 23.3 Å². The summed E-state index contributed by atoms with van der Waals surface area (Å²) in [6.45, 7) is 7.50. The summed E-state index contributed by atoms with van der Waals surface area (Å²) in [4.78, 5) is 13.8. The molecule has 0 aliphatic heterocycles. The van der Waals surface area contributed by atoms with Gasteiger partial charge in [-0.25, -0.2) is 14.8 Å². The number of furan rings is 1. The van der Waals surface area contributed by atoms with E-state index in [2.05, 4.69) is 45.8 Å². The van der Waals surface area contributed by atoms with E-state index in [9.17, 15) is 0 Å². The quantitative estimate of drug-likeness (QED) is 0.229. The highest BCUT2D eigenvalue weighted by atomic mass is 16.3. The van der Waals surface area contributed by atoms with Crippen molar-refractivity contribution in [1.82, 2.24) is 14.5 Å². The number of fused-ring (bicyclic) bond motifs is 8. The molecular formula is C33H18N4O. The summed E-state index contributed by atoms with van der Waals surface area (Å²) in [7, 11) is 0. The largest absolute Gasteiger partial charge is 0.454 e. The first-order valence-corrected chi connectivity index (χ1v) is 12.4. The molecule has 0 saturated heterocycles. The molecule has 0 bridgehead atoms. The van der Waals surface area contributed by atoms with Gasteiger partial charge in [0.25, 0.3) is 0 Å². The van der Waals surface area contributed by atoms with Crippen LogP contribution in [-0.4, -0.2) is 14.5 Å². The predicted octanol–water partition coefficient (Wildman–Crippen LogP) is 8.84. The van der Waals surface area contributed by atoms with Gasteiger partial charge in [-0.15, -0.1) is 0 Å². The Bertz CT molecular complexity index is 2270. The van der Waals surface area contributed by atoms with Crippen molar-refractivity contribution < 1.29 is 4.42 Å². The fraction of sp³-hybridized carbons (Fsp3) is 0. The van der Waals surface area contributed by atoms with Crippen LogP contribution < -0.4 is 0 Å². The zero-order chi connectivity index (χ0) is 25.2. The predicted molar refractivity (Wildman–Crippen MR) is 153 cm³/mol. The number of benzene rings is 5. The van der Waals surface area contributed by atoms with Gasteiger partial charge < -0.3 is 4.42 Å². The number of hydrogen-bond acceptors (Lipinski definition) is 3. The zero-order valence-electron chi connectivity index (χ0n) is 20.1. The summed E-state index contributed by atoms with van der Waals surface area (Å²) in [5.41, 5.74) is 6.70. The van der Waals surface area contributed by atoms with Gasteiger partial charge >= 0.3 is 0 Å². The summed E-state index contributed by atoms with van der Waals surface area (Å²) in [5.74, 6) is 0.561. The van der Waals surface area contributed by atoms with E-state index in [4.69, 9.17) is 21.0 Å². The highest BCUT2D eigenvalue weighted by Gasteiger charge is 2.21. The van der Waals surface area contributed by atoms with E-state index >= 15 is 0 Å². The molecule has 8 aromatic rings. The van der Waals surface area contributed by atoms with Gasteiger partial charge in [0, 0.05) is 26.9 Å². The van der Waals surface area contributed by atoms with E-state index in [1.54, 1.807) is 0 Å². The van der Waals surface area contributed by atoms with E-state index in [1.807, 2.05) is 72.8 Å². The van der Waals surface area contributed by atoms with Gasteiger partial charge in [-0.3, -0.25) is 4.57 Å². The first-order chi connectivity index (χ1) is 18.8. The SMILES string of the molecule is [C-]#[N+]c1cccc(-c2nc(-n3c4ccccc4c4ccc5c6ccccc6oc5c43)nc3ccccc23)c1. The van der Waals surface area contributed by atoms with Crippen molar-refractivity contribution in [3.8, 4) is 17.2 Å². The lowest BCUT2D eigenvalue weighted by atomic mass is 10.1. The fourth-order valence-corrected chi connectivity index (χ4v) is 5.55. The minimum Gasteiger partial charge on any atom is -0.454 e.